The monoisotopic (exact) mass is 411 g/mol. The Hall–Kier alpha value is -2.86. The van der Waals surface area contributed by atoms with Crippen LogP contribution in [0.2, 0.25) is 0 Å². The van der Waals surface area contributed by atoms with Gasteiger partial charge in [0.15, 0.2) is 9.84 Å². The first-order valence-corrected chi connectivity index (χ1v) is 11.3. The molecule has 0 saturated carbocycles. The number of rotatable bonds is 6. The largest absolute Gasteiger partial charge is 0.463 e. The van der Waals surface area contributed by atoms with Gasteiger partial charge in [-0.3, -0.25) is 4.79 Å². The highest BCUT2D eigenvalue weighted by molar-refractivity contribution is 7.90. The highest BCUT2D eigenvalue weighted by Crippen LogP contribution is 2.33. The van der Waals surface area contributed by atoms with Gasteiger partial charge in [0.2, 0.25) is 0 Å². The van der Waals surface area contributed by atoms with Crippen molar-refractivity contribution in [1.82, 2.24) is 4.57 Å². The molecule has 0 unspecified atom stereocenters. The second-order valence-electron chi connectivity index (χ2n) is 7.36. The molecule has 152 valence electrons. The van der Waals surface area contributed by atoms with Gasteiger partial charge >= 0.3 is 5.97 Å². The Bertz CT molecular complexity index is 1130. The van der Waals surface area contributed by atoms with E-state index in [1.54, 1.807) is 18.2 Å². The van der Waals surface area contributed by atoms with E-state index in [4.69, 9.17) is 4.74 Å². The van der Waals surface area contributed by atoms with Crippen molar-refractivity contribution in [2.75, 3.05) is 6.26 Å². The van der Waals surface area contributed by atoms with Gasteiger partial charge in [0.05, 0.1) is 23.1 Å². The van der Waals surface area contributed by atoms with Crippen LogP contribution in [-0.2, 0) is 25.8 Å². The molecule has 3 aromatic rings. The fraction of sp³-hybridized carbons (Fsp3) is 0.261. The Morgan fingerprint density at radius 2 is 1.76 bits per heavy atom. The quantitative estimate of drug-likeness (QED) is 0.566. The number of nitrogens with zero attached hydrogens (tertiary/aromatic N) is 1. The van der Waals surface area contributed by atoms with Crippen molar-refractivity contribution < 1.29 is 17.9 Å². The summed E-state index contributed by atoms with van der Waals surface area (Å²) in [5, 5.41) is 0. The van der Waals surface area contributed by atoms with Crippen LogP contribution in [0.25, 0.3) is 16.9 Å². The molecular formula is C23H25NO4S. The van der Waals surface area contributed by atoms with Crippen LogP contribution in [0.5, 0.6) is 0 Å². The Morgan fingerprint density at radius 1 is 1.07 bits per heavy atom. The highest BCUT2D eigenvalue weighted by Gasteiger charge is 2.20. The van der Waals surface area contributed by atoms with Crippen LogP contribution in [-0.4, -0.2) is 31.3 Å². The van der Waals surface area contributed by atoms with Gasteiger partial charge in [-0.25, -0.2) is 8.42 Å². The molecule has 0 aliphatic carbocycles. The zero-order valence-corrected chi connectivity index (χ0v) is 17.9. The Labute approximate surface area is 171 Å². The first kappa shape index (κ1) is 20.9. The van der Waals surface area contributed by atoms with Crippen molar-refractivity contribution in [2.24, 2.45) is 0 Å². The number of hydrogen-bond donors (Lipinski definition) is 0. The number of para-hydroxylation sites is 1. The van der Waals surface area contributed by atoms with Gasteiger partial charge in [0, 0.05) is 23.7 Å². The van der Waals surface area contributed by atoms with Gasteiger partial charge in [0.25, 0.3) is 0 Å². The summed E-state index contributed by atoms with van der Waals surface area (Å²) in [4.78, 5) is 12.6. The zero-order valence-electron chi connectivity index (χ0n) is 17.0. The molecule has 0 aliphatic rings. The average Bonchev–Trinajstić information content (AvgIpc) is 3.04. The smallest absolute Gasteiger partial charge is 0.310 e. The number of aryl methyl sites for hydroxylation is 1. The summed E-state index contributed by atoms with van der Waals surface area (Å²) >= 11 is 0. The number of esters is 1. The van der Waals surface area contributed by atoms with E-state index in [9.17, 15) is 13.2 Å². The Balaban J connectivity index is 2.20. The van der Waals surface area contributed by atoms with E-state index in [0.29, 0.717) is 0 Å². The van der Waals surface area contributed by atoms with Crippen LogP contribution >= 0.6 is 0 Å². The number of sulfone groups is 1. The molecule has 0 radical (unpaired) electrons. The maximum Gasteiger partial charge on any atom is 0.310 e. The van der Waals surface area contributed by atoms with Crippen LogP contribution in [0.3, 0.4) is 0 Å². The molecule has 6 heteroatoms. The highest BCUT2D eigenvalue weighted by atomic mass is 32.2. The van der Waals surface area contributed by atoms with Crippen LogP contribution in [0, 0.1) is 6.92 Å². The normalized spacial score (nSPS) is 11.6. The van der Waals surface area contributed by atoms with E-state index in [-0.39, 0.29) is 23.4 Å². The molecule has 0 fully saturated rings. The van der Waals surface area contributed by atoms with Crippen LogP contribution in [0.4, 0.5) is 0 Å². The topological polar surface area (TPSA) is 65.4 Å². The van der Waals surface area contributed by atoms with Crippen molar-refractivity contribution in [3.8, 4) is 16.9 Å². The summed E-state index contributed by atoms with van der Waals surface area (Å²) in [6, 6.07) is 16.7. The van der Waals surface area contributed by atoms with Crippen molar-refractivity contribution in [1.29, 1.82) is 0 Å². The molecule has 29 heavy (non-hydrogen) atoms. The van der Waals surface area contributed by atoms with E-state index in [1.165, 1.54) is 6.26 Å². The number of ether oxygens (including phenoxy) is 1. The number of hydrogen-bond acceptors (Lipinski definition) is 4. The summed E-state index contributed by atoms with van der Waals surface area (Å²) in [6.45, 7) is 5.56. The first-order valence-electron chi connectivity index (χ1n) is 9.43. The minimum Gasteiger partial charge on any atom is -0.463 e. The minimum absolute atomic E-state index is 0.107. The molecule has 0 bridgehead atoms. The third kappa shape index (κ3) is 4.77. The van der Waals surface area contributed by atoms with E-state index in [0.717, 1.165) is 28.1 Å². The molecule has 1 heterocycles. The maximum atomic E-state index is 12.3. The van der Waals surface area contributed by atoms with Crippen molar-refractivity contribution in [3.05, 3.63) is 71.9 Å². The number of carbonyl (C=O) groups is 1. The molecule has 0 aliphatic heterocycles. The predicted octanol–water partition coefficient (Wildman–Crippen LogP) is 4.35. The Morgan fingerprint density at radius 3 is 2.38 bits per heavy atom. The van der Waals surface area contributed by atoms with Gasteiger partial charge in [-0.1, -0.05) is 24.3 Å². The lowest BCUT2D eigenvalue weighted by Gasteiger charge is -2.16. The fourth-order valence-electron chi connectivity index (χ4n) is 3.27. The summed E-state index contributed by atoms with van der Waals surface area (Å²) in [5.74, 6) is -0.316. The third-order valence-corrected chi connectivity index (χ3v) is 5.71. The van der Waals surface area contributed by atoms with Gasteiger partial charge in [-0.2, -0.15) is 0 Å². The molecule has 1 aromatic heterocycles. The van der Waals surface area contributed by atoms with Crippen LogP contribution in [0.15, 0.2) is 65.7 Å². The lowest BCUT2D eigenvalue weighted by atomic mass is 10.0. The van der Waals surface area contributed by atoms with Crippen LogP contribution in [0.1, 0.15) is 25.0 Å². The second kappa shape index (κ2) is 8.25. The van der Waals surface area contributed by atoms with E-state index < -0.39 is 9.84 Å². The van der Waals surface area contributed by atoms with Crippen molar-refractivity contribution >= 4 is 15.8 Å². The fourth-order valence-corrected chi connectivity index (χ4v) is 3.92. The number of carbonyl (C=O) groups excluding carboxylic acids is 1. The van der Waals surface area contributed by atoms with E-state index in [2.05, 4.69) is 0 Å². The number of benzene rings is 2. The molecule has 0 atom stereocenters. The van der Waals surface area contributed by atoms with Crippen LogP contribution < -0.4 is 0 Å². The standard InChI is InChI=1S/C23H25NO4S/c1-16(2)28-22(25)14-18-12-13-24(19-8-6-5-7-9-19)23(18)21-15-20(29(4,26)27)11-10-17(21)3/h5-13,15-16H,14H2,1-4H3. The van der Waals surface area contributed by atoms with Crippen molar-refractivity contribution in [2.45, 2.75) is 38.2 Å². The van der Waals surface area contributed by atoms with Crippen molar-refractivity contribution in [3.63, 3.8) is 0 Å². The predicted molar refractivity (Wildman–Crippen MR) is 114 cm³/mol. The summed E-state index contributed by atoms with van der Waals surface area (Å²) < 4.78 is 31.6. The molecule has 0 saturated heterocycles. The molecule has 2 aromatic carbocycles. The third-order valence-electron chi connectivity index (χ3n) is 4.60. The molecule has 5 nitrogen and oxygen atoms in total. The number of aromatic nitrogens is 1. The summed E-state index contributed by atoms with van der Waals surface area (Å²) in [7, 11) is -3.36. The van der Waals surface area contributed by atoms with E-state index >= 15 is 0 Å². The SMILES string of the molecule is Cc1ccc(S(C)(=O)=O)cc1-c1c(CC(=O)OC(C)C)ccn1-c1ccccc1. The lowest BCUT2D eigenvalue weighted by molar-refractivity contribution is -0.146. The van der Waals surface area contributed by atoms with Gasteiger partial charge in [-0.05, 0) is 62.2 Å². The molecule has 0 spiro atoms. The Kier molecular flexibility index (Phi) is 5.94. The zero-order chi connectivity index (χ0) is 21.2. The average molecular weight is 412 g/mol. The van der Waals surface area contributed by atoms with Gasteiger partial charge in [0.1, 0.15) is 0 Å². The first-order chi connectivity index (χ1) is 13.7. The summed E-state index contributed by atoms with van der Waals surface area (Å²) in [6.07, 6.45) is 3.00. The van der Waals surface area contributed by atoms with Gasteiger partial charge in [-0.15, -0.1) is 0 Å². The maximum absolute atomic E-state index is 12.3. The minimum atomic E-state index is -3.36. The van der Waals surface area contributed by atoms with Gasteiger partial charge < -0.3 is 9.30 Å². The second-order valence-corrected chi connectivity index (χ2v) is 9.38. The molecule has 3 rings (SSSR count). The molecule has 0 amide bonds. The molecular weight excluding hydrogens is 386 g/mol. The lowest BCUT2D eigenvalue weighted by Crippen LogP contribution is -2.14. The summed E-state index contributed by atoms with van der Waals surface area (Å²) in [5.41, 5.74) is 4.20. The van der Waals surface area contributed by atoms with E-state index in [1.807, 2.05) is 67.9 Å². The molecule has 0 N–H and O–H groups in total.